The van der Waals surface area contributed by atoms with Crippen molar-refractivity contribution in [2.75, 3.05) is 31.2 Å². The third-order valence-corrected chi connectivity index (χ3v) is 3.14. The van der Waals surface area contributed by atoms with Crippen LogP contribution in [0.3, 0.4) is 0 Å². The number of nitrogens with zero attached hydrogens (tertiary/aromatic N) is 3. The van der Waals surface area contributed by atoms with Gasteiger partial charge >= 0.3 is 5.97 Å². The number of hydrogen-bond donors (Lipinski definition) is 1. The van der Waals surface area contributed by atoms with Crippen molar-refractivity contribution in [1.82, 2.24) is 9.78 Å². The first kappa shape index (κ1) is 14.3. The van der Waals surface area contributed by atoms with Crippen molar-refractivity contribution in [3.05, 3.63) is 34.3 Å². The van der Waals surface area contributed by atoms with Crippen LogP contribution >= 0.6 is 0 Å². The number of aromatic nitrogens is 2. The molecule has 0 radical (unpaired) electrons. The Hall–Kier alpha value is -2.15. The summed E-state index contributed by atoms with van der Waals surface area (Å²) < 4.78 is 6.49. The van der Waals surface area contributed by atoms with E-state index >= 15 is 0 Å². The predicted molar refractivity (Wildman–Crippen MR) is 72.9 cm³/mol. The largest absolute Gasteiger partial charge is 0.478 e. The Labute approximate surface area is 116 Å². The lowest BCUT2D eigenvalue weighted by atomic mass is 10.3. The van der Waals surface area contributed by atoms with Crippen LogP contribution < -0.4 is 10.5 Å². The van der Waals surface area contributed by atoms with Gasteiger partial charge in [0.15, 0.2) is 0 Å². The molecule has 7 heteroatoms. The summed E-state index contributed by atoms with van der Waals surface area (Å²) in [6.45, 7) is 4.40. The molecule has 0 spiro atoms. The highest BCUT2D eigenvalue weighted by Gasteiger charge is 2.12. The van der Waals surface area contributed by atoms with Crippen molar-refractivity contribution in [2.45, 2.75) is 13.5 Å². The maximum atomic E-state index is 11.9. The van der Waals surface area contributed by atoms with Gasteiger partial charge in [-0.25, -0.2) is 9.48 Å². The summed E-state index contributed by atoms with van der Waals surface area (Å²) in [4.78, 5) is 24.6. The third-order valence-electron chi connectivity index (χ3n) is 3.14. The molecule has 0 amide bonds. The number of ether oxygens (including phenoxy) is 1. The molecule has 1 aliphatic heterocycles. The Morgan fingerprint density at radius 3 is 2.80 bits per heavy atom. The molecule has 1 N–H and O–H groups in total. The van der Waals surface area contributed by atoms with E-state index in [4.69, 9.17) is 9.84 Å². The van der Waals surface area contributed by atoms with E-state index in [1.165, 1.54) is 23.7 Å². The van der Waals surface area contributed by atoms with E-state index in [0.717, 1.165) is 18.8 Å². The van der Waals surface area contributed by atoms with E-state index < -0.39 is 5.97 Å². The van der Waals surface area contributed by atoms with Crippen LogP contribution in [-0.4, -0.2) is 47.2 Å². The first-order chi connectivity index (χ1) is 9.58. The maximum absolute atomic E-state index is 11.9. The average Bonchev–Trinajstić information content (AvgIpc) is 2.46. The molecule has 1 aromatic rings. The fraction of sp³-hybridized carbons (Fsp3) is 0.462. The Morgan fingerprint density at radius 2 is 2.20 bits per heavy atom. The van der Waals surface area contributed by atoms with Crippen molar-refractivity contribution < 1.29 is 14.6 Å². The summed E-state index contributed by atoms with van der Waals surface area (Å²) in [7, 11) is 0. The second-order valence-corrected chi connectivity index (χ2v) is 4.53. The minimum absolute atomic E-state index is 0.153. The van der Waals surface area contributed by atoms with Gasteiger partial charge in [0.1, 0.15) is 0 Å². The molecule has 1 fully saturated rings. The van der Waals surface area contributed by atoms with Gasteiger partial charge in [0.2, 0.25) is 0 Å². The van der Waals surface area contributed by atoms with E-state index in [1.807, 2.05) is 4.90 Å². The van der Waals surface area contributed by atoms with Crippen molar-refractivity contribution in [3.8, 4) is 0 Å². The van der Waals surface area contributed by atoms with Crippen LogP contribution in [0.25, 0.3) is 0 Å². The van der Waals surface area contributed by atoms with E-state index in [0.29, 0.717) is 13.2 Å². The summed E-state index contributed by atoms with van der Waals surface area (Å²) in [6.07, 6.45) is 3.09. The lowest BCUT2D eigenvalue weighted by Crippen LogP contribution is -2.37. The van der Waals surface area contributed by atoms with Crippen LogP contribution in [0.2, 0.25) is 0 Å². The molecule has 0 aliphatic carbocycles. The first-order valence-electron chi connectivity index (χ1n) is 6.38. The molecule has 20 heavy (non-hydrogen) atoms. The molecular formula is C13H17N3O4. The predicted octanol–water partition coefficient (Wildman–Crippen LogP) is 0.111. The number of anilines is 1. The van der Waals surface area contributed by atoms with Crippen molar-refractivity contribution in [3.63, 3.8) is 0 Å². The number of aliphatic carboxylic acids is 1. The zero-order valence-electron chi connectivity index (χ0n) is 11.3. The van der Waals surface area contributed by atoms with Gasteiger partial charge in [-0.3, -0.25) is 4.79 Å². The van der Waals surface area contributed by atoms with Crippen LogP contribution in [-0.2, 0) is 16.1 Å². The summed E-state index contributed by atoms with van der Waals surface area (Å²) in [6, 6.07) is 1.52. The van der Waals surface area contributed by atoms with Crippen molar-refractivity contribution >= 4 is 11.7 Å². The zero-order chi connectivity index (χ0) is 14.5. The van der Waals surface area contributed by atoms with E-state index in [9.17, 15) is 9.59 Å². The SMILES string of the molecule is CC(=CCn1ncc(N2CCOCC2)cc1=O)C(=O)O. The van der Waals surface area contributed by atoms with Gasteiger partial charge < -0.3 is 14.7 Å². The fourth-order valence-electron chi connectivity index (χ4n) is 1.87. The van der Waals surface area contributed by atoms with Gasteiger partial charge in [-0.05, 0) is 6.92 Å². The topological polar surface area (TPSA) is 84.7 Å². The molecule has 0 saturated carbocycles. The number of morpholine rings is 1. The number of carboxylic acid groups (broad SMARTS) is 1. The first-order valence-corrected chi connectivity index (χ1v) is 6.38. The van der Waals surface area contributed by atoms with Crippen molar-refractivity contribution in [2.24, 2.45) is 0 Å². The van der Waals surface area contributed by atoms with Crippen LogP contribution in [0.4, 0.5) is 5.69 Å². The van der Waals surface area contributed by atoms with E-state index in [1.54, 1.807) is 6.20 Å². The lowest BCUT2D eigenvalue weighted by Gasteiger charge is -2.28. The molecule has 7 nitrogen and oxygen atoms in total. The van der Waals surface area contributed by atoms with Crippen molar-refractivity contribution in [1.29, 1.82) is 0 Å². The number of carbonyl (C=O) groups is 1. The highest BCUT2D eigenvalue weighted by molar-refractivity contribution is 5.85. The molecule has 108 valence electrons. The smallest absolute Gasteiger partial charge is 0.331 e. The van der Waals surface area contributed by atoms with E-state index in [-0.39, 0.29) is 17.7 Å². The van der Waals surface area contributed by atoms with Gasteiger partial charge in [-0.15, -0.1) is 0 Å². The maximum Gasteiger partial charge on any atom is 0.331 e. The second-order valence-electron chi connectivity index (χ2n) is 4.53. The van der Waals surface area contributed by atoms with Gasteiger partial charge in [0.05, 0.1) is 31.6 Å². The molecule has 1 aromatic heterocycles. The standard InChI is InChI=1S/C13H17N3O4/c1-10(13(18)19)2-3-16-12(17)8-11(9-14-16)15-4-6-20-7-5-15/h2,8-9H,3-7H2,1H3,(H,18,19). The third kappa shape index (κ3) is 3.45. The molecule has 1 saturated heterocycles. The Morgan fingerprint density at radius 1 is 1.50 bits per heavy atom. The van der Waals surface area contributed by atoms with E-state index in [2.05, 4.69) is 5.10 Å². The van der Waals surface area contributed by atoms with Gasteiger partial charge in [0, 0.05) is 24.7 Å². The molecule has 2 rings (SSSR count). The highest BCUT2D eigenvalue weighted by Crippen LogP contribution is 2.11. The molecular weight excluding hydrogens is 262 g/mol. The summed E-state index contributed by atoms with van der Waals surface area (Å²) in [5.74, 6) is -0.997. The van der Waals surface area contributed by atoms with Crippen LogP contribution in [0.1, 0.15) is 6.92 Å². The molecule has 0 bridgehead atoms. The van der Waals surface area contributed by atoms with Gasteiger partial charge in [0.25, 0.3) is 5.56 Å². The lowest BCUT2D eigenvalue weighted by molar-refractivity contribution is -0.132. The molecule has 0 aromatic carbocycles. The number of carboxylic acids is 1. The number of hydrogen-bond acceptors (Lipinski definition) is 5. The molecule has 1 aliphatic rings. The van der Waals surface area contributed by atoms with Crippen LogP contribution in [0.15, 0.2) is 28.7 Å². The molecule has 0 atom stereocenters. The Balaban J connectivity index is 2.11. The summed E-state index contributed by atoms with van der Waals surface area (Å²) in [5.41, 5.74) is 0.716. The number of allylic oxidation sites excluding steroid dienone is 1. The average molecular weight is 279 g/mol. The van der Waals surface area contributed by atoms with Crippen LogP contribution in [0.5, 0.6) is 0 Å². The fourth-order valence-corrected chi connectivity index (χ4v) is 1.87. The van der Waals surface area contributed by atoms with Gasteiger partial charge in [-0.2, -0.15) is 5.10 Å². The summed E-state index contributed by atoms with van der Waals surface area (Å²) >= 11 is 0. The van der Waals surface area contributed by atoms with Gasteiger partial charge in [-0.1, -0.05) is 6.08 Å². The minimum Gasteiger partial charge on any atom is -0.478 e. The molecule has 0 unspecified atom stereocenters. The monoisotopic (exact) mass is 279 g/mol. The quantitative estimate of drug-likeness (QED) is 0.788. The summed E-state index contributed by atoms with van der Waals surface area (Å²) in [5, 5.41) is 12.8. The normalized spacial score (nSPS) is 16.2. The Kier molecular flexibility index (Phi) is 4.52. The zero-order valence-corrected chi connectivity index (χ0v) is 11.3. The van der Waals surface area contributed by atoms with Crippen LogP contribution in [0, 0.1) is 0 Å². The number of rotatable bonds is 4. The Bertz CT molecular complexity index is 573. The minimum atomic E-state index is -0.997. The highest BCUT2D eigenvalue weighted by atomic mass is 16.5. The molecule has 2 heterocycles. The second kappa shape index (κ2) is 6.33.